The van der Waals surface area contributed by atoms with Crippen LogP contribution in [-0.4, -0.2) is 12.1 Å². The van der Waals surface area contributed by atoms with Crippen molar-refractivity contribution in [2.24, 2.45) is 5.73 Å². The van der Waals surface area contributed by atoms with Crippen LogP contribution in [0, 0.1) is 18.3 Å². The second-order valence-corrected chi connectivity index (χ2v) is 5.01. The van der Waals surface area contributed by atoms with E-state index < -0.39 is 5.54 Å². The lowest BCUT2D eigenvalue weighted by molar-refractivity contribution is 0.261. The van der Waals surface area contributed by atoms with Gasteiger partial charge in [-0.05, 0) is 37.0 Å². The first-order valence-corrected chi connectivity index (χ1v) is 5.79. The quantitative estimate of drug-likeness (QED) is 0.868. The molecular formula is C14H20N2O. The molecule has 0 spiro atoms. The van der Waals surface area contributed by atoms with Crippen LogP contribution in [0.15, 0.2) is 18.2 Å². The number of hydrogen-bond acceptors (Lipinski definition) is 3. The van der Waals surface area contributed by atoms with Gasteiger partial charge in [0.25, 0.3) is 0 Å². The van der Waals surface area contributed by atoms with Crippen LogP contribution in [0.1, 0.15) is 37.8 Å². The smallest absolute Gasteiger partial charge is 0.135 e. The second-order valence-electron chi connectivity index (χ2n) is 5.01. The Kier molecular flexibility index (Phi) is 4.14. The van der Waals surface area contributed by atoms with Crippen LogP contribution in [-0.2, 0) is 0 Å². The Morgan fingerprint density at radius 1 is 1.47 bits per heavy atom. The normalized spacial score (nSPS) is 14.2. The van der Waals surface area contributed by atoms with Gasteiger partial charge in [0, 0.05) is 0 Å². The fourth-order valence-electron chi connectivity index (χ4n) is 1.50. The van der Waals surface area contributed by atoms with Crippen LogP contribution in [0.5, 0.6) is 5.75 Å². The largest absolute Gasteiger partial charge is 0.490 e. The first kappa shape index (κ1) is 13.5. The molecule has 1 aromatic rings. The minimum Gasteiger partial charge on any atom is -0.490 e. The summed E-state index contributed by atoms with van der Waals surface area (Å²) in [6, 6.07) is 8.15. The average molecular weight is 232 g/mol. The zero-order valence-corrected chi connectivity index (χ0v) is 10.9. The van der Waals surface area contributed by atoms with E-state index in [1.54, 1.807) is 6.92 Å². The van der Waals surface area contributed by atoms with Crippen molar-refractivity contribution in [1.82, 2.24) is 0 Å². The van der Waals surface area contributed by atoms with Gasteiger partial charge in [-0.15, -0.1) is 0 Å². The molecule has 2 N–H and O–H groups in total. The van der Waals surface area contributed by atoms with Crippen LogP contribution < -0.4 is 10.5 Å². The summed E-state index contributed by atoms with van der Waals surface area (Å²) in [5, 5.41) is 8.85. The maximum Gasteiger partial charge on any atom is 0.135 e. The fourth-order valence-corrected chi connectivity index (χ4v) is 1.50. The van der Waals surface area contributed by atoms with E-state index in [4.69, 9.17) is 15.7 Å². The van der Waals surface area contributed by atoms with Gasteiger partial charge in [0.2, 0.25) is 0 Å². The van der Waals surface area contributed by atoms with E-state index in [0.29, 0.717) is 5.92 Å². The van der Waals surface area contributed by atoms with E-state index in [9.17, 15) is 0 Å². The zero-order chi connectivity index (χ0) is 13.1. The molecule has 0 fully saturated rings. The van der Waals surface area contributed by atoms with Crippen LogP contribution in [0.25, 0.3) is 0 Å². The Balaban J connectivity index is 2.90. The summed E-state index contributed by atoms with van der Waals surface area (Å²) < 4.78 is 5.69. The van der Waals surface area contributed by atoms with Crippen molar-refractivity contribution in [1.29, 1.82) is 5.26 Å². The topological polar surface area (TPSA) is 59.0 Å². The molecule has 0 saturated heterocycles. The van der Waals surface area contributed by atoms with Gasteiger partial charge in [-0.2, -0.15) is 5.26 Å². The minimum absolute atomic E-state index is 0.201. The molecule has 1 rings (SSSR count). The molecule has 0 saturated carbocycles. The Labute approximate surface area is 103 Å². The first-order valence-electron chi connectivity index (χ1n) is 5.79. The molecule has 0 heterocycles. The fraction of sp³-hybridized carbons (Fsp3) is 0.500. The van der Waals surface area contributed by atoms with E-state index in [2.05, 4.69) is 26.0 Å². The van der Waals surface area contributed by atoms with Gasteiger partial charge in [0.15, 0.2) is 0 Å². The summed E-state index contributed by atoms with van der Waals surface area (Å²) in [6.07, 6.45) is 0. The summed E-state index contributed by atoms with van der Waals surface area (Å²) >= 11 is 0. The Bertz CT molecular complexity index is 430. The highest BCUT2D eigenvalue weighted by Gasteiger charge is 2.19. The lowest BCUT2D eigenvalue weighted by Crippen LogP contribution is -2.40. The number of aryl methyl sites for hydroxylation is 1. The molecule has 0 aromatic heterocycles. The highest BCUT2D eigenvalue weighted by Crippen LogP contribution is 2.27. The van der Waals surface area contributed by atoms with E-state index >= 15 is 0 Å². The number of nitriles is 1. The van der Waals surface area contributed by atoms with Crippen LogP contribution in [0.2, 0.25) is 0 Å². The van der Waals surface area contributed by atoms with Crippen molar-refractivity contribution in [2.45, 2.75) is 39.2 Å². The Morgan fingerprint density at radius 2 is 2.12 bits per heavy atom. The van der Waals surface area contributed by atoms with E-state index in [1.807, 2.05) is 19.1 Å². The van der Waals surface area contributed by atoms with Crippen molar-refractivity contribution < 1.29 is 4.74 Å². The number of nitrogens with two attached hydrogens (primary N) is 1. The molecule has 1 atom stereocenters. The highest BCUT2D eigenvalue weighted by atomic mass is 16.5. The minimum atomic E-state index is -0.946. The van der Waals surface area contributed by atoms with Gasteiger partial charge in [0.05, 0.1) is 6.07 Å². The van der Waals surface area contributed by atoms with Gasteiger partial charge in [0.1, 0.15) is 17.9 Å². The predicted octanol–water partition coefficient (Wildman–Crippen LogP) is 2.74. The van der Waals surface area contributed by atoms with Gasteiger partial charge >= 0.3 is 0 Å². The molecule has 0 bridgehead atoms. The molecule has 17 heavy (non-hydrogen) atoms. The summed E-state index contributed by atoms with van der Waals surface area (Å²) in [7, 11) is 0. The lowest BCUT2D eigenvalue weighted by atomic mass is 10.0. The van der Waals surface area contributed by atoms with E-state index in [1.165, 1.54) is 0 Å². The molecule has 0 amide bonds. The van der Waals surface area contributed by atoms with Crippen LogP contribution in [0.4, 0.5) is 0 Å². The number of rotatable bonds is 4. The summed E-state index contributed by atoms with van der Waals surface area (Å²) in [4.78, 5) is 0. The van der Waals surface area contributed by atoms with Crippen molar-refractivity contribution >= 4 is 0 Å². The number of hydrogen-bond donors (Lipinski definition) is 1. The second kappa shape index (κ2) is 5.20. The van der Waals surface area contributed by atoms with Crippen LogP contribution >= 0.6 is 0 Å². The number of ether oxygens (including phenoxy) is 1. The SMILES string of the molecule is Cc1ccc(C(C)C)c(OCC(C)(N)C#N)c1. The number of benzene rings is 1. The third-order valence-electron chi connectivity index (χ3n) is 2.57. The molecule has 1 unspecified atom stereocenters. The molecule has 0 aliphatic rings. The van der Waals surface area contributed by atoms with Gasteiger partial charge in [-0.25, -0.2) is 0 Å². The maximum atomic E-state index is 8.85. The van der Waals surface area contributed by atoms with Gasteiger partial charge < -0.3 is 10.5 Å². The molecule has 0 aliphatic carbocycles. The highest BCUT2D eigenvalue weighted by molar-refractivity contribution is 5.39. The Hall–Kier alpha value is -1.53. The van der Waals surface area contributed by atoms with Crippen molar-refractivity contribution in [2.75, 3.05) is 6.61 Å². The molecule has 1 aromatic carbocycles. The summed E-state index contributed by atoms with van der Waals surface area (Å²) in [5.41, 5.74) is 7.08. The zero-order valence-electron chi connectivity index (χ0n) is 10.9. The molecule has 0 aliphatic heterocycles. The molecule has 3 nitrogen and oxygen atoms in total. The molecule has 0 radical (unpaired) electrons. The van der Waals surface area contributed by atoms with E-state index in [-0.39, 0.29) is 6.61 Å². The average Bonchev–Trinajstić information content (AvgIpc) is 2.26. The summed E-state index contributed by atoms with van der Waals surface area (Å²) in [5.74, 6) is 1.21. The standard InChI is InChI=1S/C14H20N2O/c1-10(2)12-6-5-11(3)7-13(12)17-9-14(4,16)8-15/h5-7,10H,9,16H2,1-4H3. The predicted molar refractivity (Wildman–Crippen MR) is 69.0 cm³/mol. The first-order chi connectivity index (χ1) is 7.85. The van der Waals surface area contributed by atoms with E-state index in [0.717, 1.165) is 16.9 Å². The van der Waals surface area contributed by atoms with Crippen molar-refractivity contribution in [3.63, 3.8) is 0 Å². The third-order valence-corrected chi connectivity index (χ3v) is 2.57. The van der Waals surface area contributed by atoms with Gasteiger partial charge in [-0.3, -0.25) is 0 Å². The van der Waals surface area contributed by atoms with Gasteiger partial charge in [-0.1, -0.05) is 26.0 Å². The molecule has 3 heteroatoms. The van der Waals surface area contributed by atoms with Crippen molar-refractivity contribution in [3.05, 3.63) is 29.3 Å². The van der Waals surface area contributed by atoms with Crippen molar-refractivity contribution in [3.8, 4) is 11.8 Å². The monoisotopic (exact) mass is 232 g/mol. The molecular weight excluding hydrogens is 212 g/mol. The summed E-state index contributed by atoms with van der Waals surface area (Å²) in [6.45, 7) is 8.11. The lowest BCUT2D eigenvalue weighted by Gasteiger charge is -2.19. The maximum absolute atomic E-state index is 8.85. The Morgan fingerprint density at radius 3 is 2.65 bits per heavy atom. The third kappa shape index (κ3) is 3.76. The molecule has 92 valence electrons. The van der Waals surface area contributed by atoms with Crippen LogP contribution in [0.3, 0.4) is 0 Å². The number of nitrogens with zero attached hydrogens (tertiary/aromatic N) is 1.